The predicted octanol–water partition coefficient (Wildman–Crippen LogP) is 4.03. The normalized spacial score (nSPS) is 15.7. The number of hydrogen-bond donors (Lipinski definition) is 0. The van der Waals surface area contributed by atoms with Crippen molar-refractivity contribution in [1.29, 1.82) is 0 Å². The molecule has 1 aliphatic carbocycles. The van der Waals surface area contributed by atoms with Crippen LogP contribution in [-0.4, -0.2) is 38.4 Å². The van der Waals surface area contributed by atoms with Crippen molar-refractivity contribution in [1.82, 2.24) is 19.7 Å². The molecule has 7 heteroatoms. The molecule has 0 N–H and O–H groups in total. The van der Waals surface area contributed by atoms with Crippen molar-refractivity contribution in [2.45, 2.75) is 51.2 Å². The lowest BCUT2D eigenvalue weighted by molar-refractivity contribution is 0.0614. The van der Waals surface area contributed by atoms with E-state index in [0.29, 0.717) is 18.7 Å². The van der Waals surface area contributed by atoms with E-state index in [0.717, 1.165) is 35.5 Å². The lowest BCUT2D eigenvalue weighted by atomic mass is 9.93. The lowest BCUT2D eigenvalue weighted by Crippen LogP contribution is -2.41. The topological polar surface area (TPSA) is 69.5 Å². The second-order valence-corrected chi connectivity index (χ2v) is 8.20. The molecule has 2 aliphatic rings. The van der Waals surface area contributed by atoms with Crippen LogP contribution in [0.5, 0.6) is 11.5 Å². The Labute approximate surface area is 181 Å². The molecule has 0 spiro atoms. The molecule has 1 saturated carbocycles. The van der Waals surface area contributed by atoms with E-state index in [9.17, 15) is 4.79 Å². The Balaban J connectivity index is 1.36. The van der Waals surface area contributed by atoms with Crippen molar-refractivity contribution in [3.8, 4) is 11.5 Å². The summed E-state index contributed by atoms with van der Waals surface area (Å²) in [5, 5.41) is 4.14. The van der Waals surface area contributed by atoms with Crippen LogP contribution >= 0.6 is 0 Å². The van der Waals surface area contributed by atoms with Crippen LogP contribution in [0.25, 0.3) is 0 Å². The van der Waals surface area contributed by atoms with Gasteiger partial charge in [0.2, 0.25) is 6.79 Å². The molecule has 0 atom stereocenters. The number of fused-ring (bicyclic) bond motifs is 1. The average molecular weight is 418 g/mol. The van der Waals surface area contributed by atoms with E-state index in [1.54, 1.807) is 11.0 Å². The highest BCUT2D eigenvalue weighted by molar-refractivity contribution is 5.94. The molecular weight excluding hydrogens is 392 g/mol. The Morgan fingerprint density at radius 3 is 2.55 bits per heavy atom. The fourth-order valence-electron chi connectivity index (χ4n) is 4.42. The number of ether oxygens (including phenoxy) is 2. The van der Waals surface area contributed by atoms with Crippen LogP contribution in [0, 0.1) is 0 Å². The molecule has 1 aliphatic heterocycles. The zero-order chi connectivity index (χ0) is 21.0. The largest absolute Gasteiger partial charge is 0.454 e. The van der Waals surface area contributed by atoms with Crippen LogP contribution in [0.4, 0.5) is 0 Å². The molecule has 0 radical (unpaired) electrons. The van der Waals surface area contributed by atoms with Crippen molar-refractivity contribution in [2.75, 3.05) is 6.79 Å². The molecule has 1 aromatic heterocycles. The van der Waals surface area contributed by atoms with Crippen LogP contribution in [0.2, 0.25) is 0 Å². The maximum Gasteiger partial charge on any atom is 0.254 e. The Morgan fingerprint density at radius 1 is 1.00 bits per heavy atom. The maximum atomic E-state index is 13.6. The SMILES string of the molecule is O=C(c1ccc(Cn2cncn2)cc1)N(Cc1ccc2c(c1)OCO2)C1CCCCC1. The average Bonchev–Trinajstić information content (AvgIpc) is 3.50. The van der Waals surface area contributed by atoms with Crippen molar-refractivity contribution in [3.63, 3.8) is 0 Å². The third-order valence-electron chi connectivity index (χ3n) is 6.08. The summed E-state index contributed by atoms with van der Waals surface area (Å²) >= 11 is 0. The second-order valence-electron chi connectivity index (χ2n) is 8.20. The molecule has 0 saturated heterocycles. The van der Waals surface area contributed by atoms with Gasteiger partial charge in [-0.05, 0) is 48.2 Å². The van der Waals surface area contributed by atoms with E-state index in [2.05, 4.69) is 10.1 Å². The Kier molecular flexibility index (Phi) is 5.56. The summed E-state index contributed by atoms with van der Waals surface area (Å²) < 4.78 is 12.7. The first kappa shape index (κ1) is 19.6. The monoisotopic (exact) mass is 418 g/mol. The van der Waals surface area contributed by atoms with Gasteiger partial charge in [-0.1, -0.05) is 37.5 Å². The predicted molar refractivity (Wildman–Crippen MR) is 115 cm³/mol. The van der Waals surface area contributed by atoms with Gasteiger partial charge in [-0.15, -0.1) is 0 Å². The molecule has 160 valence electrons. The van der Waals surface area contributed by atoms with Gasteiger partial charge in [0.25, 0.3) is 5.91 Å². The second kappa shape index (κ2) is 8.79. The summed E-state index contributed by atoms with van der Waals surface area (Å²) in [5.74, 6) is 1.60. The molecule has 1 fully saturated rings. The number of benzene rings is 2. The first-order chi connectivity index (χ1) is 15.3. The van der Waals surface area contributed by atoms with Crippen LogP contribution in [0.3, 0.4) is 0 Å². The van der Waals surface area contributed by atoms with E-state index >= 15 is 0 Å². The van der Waals surface area contributed by atoms with Gasteiger partial charge in [-0.25, -0.2) is 9.67 Å². The fourth-order valence-corrected chi connectivity index (χ4v) is 4.42. The first-order valence-electron chi connectivity index (χ1n) is 10.9. The van der Waals surface area contributed by atoms with Gasteiger partial charge < -0.3 is 14.4 Å². The minimum Gasteiger partial charge on any atom is -0.454 e. The third-order valence-corrected chi connectivity index (χ3v) is 6.08. The Bertz CT molecular complexity index is 1030. The third kappa shape index (κ3) is 4.40. The highest BCUT2D eigenvalue weighted by Gasteiger charge is 2.27. The molecule has 2 aromatic carbocycles. The van der Waals surface area contributed by atoms with Crippen LogP contribution in [-0.2, 0) is 13.1 Å². The summed E-state index contributed by atoms with van der Waals surface area (Å²) in [5.41, 5.74) is 2.86. The van der Waals surface area contributed by atoms with E-state index in [1.807, 2.05) is 47.4 Å². The number of nitrogens with zero attached hydrogens (tertiary/aromatic N) is 4. The van der Waals surface area contributed by atoms with Crippen molar-refractivity contribution in [2.24, 2.45) is 0 Å². The molecule has 5 rings (SSSR count). The molecule has 3 aromatic rings. The lowest BCUT2D eigenvalue weighted by Gasteiger charge is -2.34. The van der Waals surface area contributed by atoms with Gasteiger partial charge in [0.1, 0.15) is 12.7 Å². The highest BCUT2D eigenvalue weighted by Crippen LogP contribution is 2.34. The molecular formula is C24H26N4O3. The molecule has 0 unspecified atom stereocenters. The number of carbonyl (C=O) groups is 1. The summed E-state index contributed by atoms with van der Waals surface area (Å²) in [7, 11) is 0. The number of carbonyl (C=O) groups excluding carboxylic acids is 1. The van der Waals surface area contributed by atoms with Gasteiger partial charge >= 0.3 is 0 Å². The van der Waals surface area contributed by atoms with Crippen molar-refractivity contribution >= 4 is 5.91 Å². The standard InChI is InChI=1S/C24H26N4O3/c29-24(20-9-6-18(7-10-20)13-27-16-25-15-26-27)28(21-4-2-1-3-5-21)14-19-8-11-22-23(12-19)31-17-30-22/h6-12,15-16,21H,1-5,13-14,17H2. The molecule has 2 heterocycles. The van der Waals surface area contributed by atoms with E-state index in [-0.39, 0.29) is 18.7 Å². The Hall–Kier alpha value is -3.35. The minimum atomic E-state index is 0.0804. The smallest absolute Gasteiger partial charge is 0.254 e. The zero-order valence-electron chi connectivity index (χ0n) is 17.4. The van der Waals surface area contributed by atoms with Crippen molar-refractivity contribution < 1.29 is 14.3 Å². The van der Waals surface area contributed by atoms with Gasteiger partial charge in [-0.2, -0.15) is 5.10 Å². The van der Waals surface area contributed by atoms with E-state index in [4.69, 9.17) is 9.47 Å². The van der Waals surface area contributed by atoms with Crippen LogP contribution < -0.4 is 9.47 Å². The highest BCUT2D eigenvalue weighted by atomic mass is 16.7. The number of amides is 1. The van der Waals surface area contributed by atoms with Crippen LogP contribution in [0.15, 0.2) is 55.1 Å². The summed E-state index contributed by atoms with van der Waals surface area (Å²) in [6.45, 7) is 1.46. The zero-order valence-corrected chi connectivity index (χ0v) is 17.4. The minimum absolute atomic E-state index is 0.0804. The van der Waals surface area contributed by atoms with Gasteiger partial charge in [0.05, 0.1) is 6.54 Å². The molecule has 1 amide bonds. The van der Waals surface area contributed by atoms with Crippen molar-refractivity contribution in [3.05, 3.63) is 71.8 Å². The van der Waals surface area contributed by atoms with E-state index < -0.39 is 0 Å². The number of hydrogen-bond acceptors (Lipinski definition) is 5. The molecule has 31 heavy (non-hydrogen) atoms. The fraction of sp³-hybridized carbons (Fsp3) is 0.375. The molecule has 0 bridgehead atoms. The maximum absolute atomic E-state index is 13.6. The quantitative estimate of drug-likeness (QED) is 0.605. The summed E-state index contributed by atoms with van der Waals surface area (Å²) in [4.78, 5) is 19.6. The number of rotatable bonds is 6. The van der Waals surface area contributed by atoms with Gasteiger partial charge in [0.15, 0.2) is 11.5 Å². The summed E-state index contributed by atoms with van der Waals surface area (Å²) in [6.07, 6.45) is 8.92. The Morgan fingerprint density at radius 2 is 1.77 bits per heavy atom. The van der Waals surface area contributed by atoms with Crippen LogP contribution in [0.1, 0.15) is 53.6 Å². The van der Waals surface area contributed by atoms with Gasteiger partial charge in [-0.3, -0.25) is 4.79 Å². The van der Waals surface area contributed by atoms with E-state index in [1.165, 1.54) is 25.6 Å². The first-order valence-corrected chi connectivity index (χ1v) is 10.9. The van der Waals surface area contributed by atoms with Gasteiger partial charge in [0, 0.05) is 18.2 Å². The summed E-state index contributed by atoms with van der Waals surface area (Å²) in [6, 6.07) is 14.0. The molecule has 7 nitrogen and oxygen atoms in total. The number of aromatic nitrogens is 3.